The summed E-state index contributed by atoms with van der Waals surface area (Å²) in [6, 6.07) is 1.55. The molecule has 2 rings (SSSR count). The van der Waals surface area contributed by atoms with Gasteiger partial charge < -0.3 is 10.1 Å². The Morgan fingerprint density at radius 1 is 1.58 bits per heavy atom. The lowest BCUT2D eigenvalue weighted by Gasteiger charge is -2.34. The molecule has 1 aliphatic heterocycles. The van der Waals surface area contributed by atoms with Gasteiger partial charge in [0.1, 0.15) is 4.90 Å². The maximum atomic E-state index is 12.7. The minimum atomic E-state index is -3.54. The first-order chi connectivity index (χ1) is 9.11. The van der Waals surface area contributed by atoms with Crippen molar-refractivity contribution in [2.24, 2.45) is 0 Å². The number of morpholine rings is 1. The van der Waals surface area contributed by atoms with Crippen molar-refractivity contribution in [3.63, 3.8) is 0 Å². The van der Waals surface area contributed by atoms with Gasteiger partial charge >= 0.3 is 0 Å². The molecule has 1 fully saturated rings. The fourth-order valence-electron chi connectivity index (χ4n) is 2.20. The standard InChI is InChI=1S/C12H19N3O3S/c1-3-10-9-18-7-6-15(10)19(16,17)12-8-14-5-4-11(12)13-2/h4-5,8,10H,3,6-7,9H2,1-2H3,(H,13,14). The number of rotatable bonds is 4. The number of pyridine rings is 1. The Kier molecular flexibility index (Phi) is 4.38. The number of nitrogens with one attached hydrogen (secondary N) is 1. The van der Waals surface area contributed by atoms with E-state index < -0.39 is 10.0 Å². The van der Waals surface area contributed by atoms with Crippen LogP contribution in [-0.2, 0) is 14.8 Å². The van der Waals surface area contributed by atoms with E-state index in [9.17, 15) is 8.42 Å². The average Bonchev–Trinajstić information content (AvgIpc) is 2.47. The molecule has 0 spiro atoms. The number of anilines is 1. The van der Waals surface area contributed by atoms with Gasteiger partial charge in [0.2, 0.25) is 10.0 Å². The largest absolute Gasteiger partial charge is 0.387 e. The molecule has 0 saturated carbocycles. The third-order valence-electron chi connectivity index (χ3n) is 3.29. The molecule has 106 valence electrons. The minimum Gasteiger partial charge on any atom is -0.387 e. The Labute approximate surface area is 113 Å². The first-order valence-corrected chi connectivity index (χ1v) is 7.76. The molecule has 1 aromatic rings. The number of sulfonamides is 1. The summed E-state index contributed by atoms with van der Waals surface area (Å²) in [5, 5.41) is 2.90. The van der Waals surface area contributed by atoms with E-state index in [0.717, 1.165) is 6.42 Å². The van der Waals surface area contributed by atoms with Gasteiger partial charge in [-0.15, -0.1) is 0 Å². The third kappa shape index (κ3) is 2.72. The lowest BCUT2D eigenvalue weighted by molar-refractivity contribution is 0.0314. The summed E-state index contributed by atoms with van der Waals surface area (Å²) in [4.78, 5) is 4.15. The van der Waals surface area contributed by atoms with Gasteiger partial charge in [-0.2, -0.15) is 4.31 Å². The van der Waals surface area contributed by atoms with E-state index in [1.165, 1.54) is 10.5 Å². The van der Waals surface area contributed by atoms with Crippen LogP contribution in [0.15, 0.2) is 23.4 Å². The first-order valence-electron chi connectivity index (χ1n) is 6.32. The van der Waals surface area contributed by atoms with Gasteiger partial charge in [-0.05, 0) is 12.5 Å². The van der Waals surface area contributed by atoms with Crippen LogP contribution in [0.1, 0.15) is 13.3 Å². The van der Waals surface area contributed by atoms with Crippen LogP contribution < -0.4 is 5.32 Å². The van der Waals surface area contributed by atoms with Crippen LogP contribution in [0, 0.1) is 0 Å². The molecule has 1 aromatic heterocycles. The fraction of sp³-hybridized carbons (Fsp3) is 0.583. The van der Waals surface area contributed by atoms with Crippen molar-refractivity contribution in [3.8, 4) is 0 Å². The van der Waals surface area contributed by atoms with Crippen LogP contribution in [-0.4, -0.2) is 50.6 Å². The first kappa shape index (κ1) is 14.2. The molecule has 1 N–H and O–H groups in total. The van der Waals surface area contributed by atoms with Crippen LogP contribution in [0.3, 0.4) is 0 Å². The average molecular weight is 285 g/mol. The Balaban J connectivity index is 2.40. The van der Waals surface area contributed by atoms with Crippen LogP contribution in [0.2, 0.25) is 0 Å². The number of nitrogens with zero attached hydrogens (tertiary/aromatic N) is 2. The molecular formula is C12H19N3O3S. The zero-order valence-corrected chi connectivity index (χ0v) is 12.0. The molecule has 0 aliphatic carbocycles. The van der Waals surface area contributed by atoms with Crippen molar-refractivity contribution < 1.29 is 13.2 Å². The topological polar surface area (TPSA) is 71.5 Å². The number of hydrogen-bond donors (Lipinski definition) is 1. The molecule has 19 heavy (non-hydrogen) atoms. The monoisotopic (exact) mass is 285 g/mol. The van der Waals surface area contributed by atoms with Gasteiger partial charge in [0.15, 0.2) is 0 Å². The van der Waals surface area contributed by atoms with E-state index in [-0.39, 0.29) is 10.9 Å². The SMILES string of the molecule is CCC1COCCN1S(=O)(=O)c1cnccc1NC. The highest BCUT2D eigenvalue weighted by Gasteiger charge is 2.34. The van der Waals surface area contributed by atoms with Crippen LogP contribution in [0.25, 0.3) is 0 Å². The quantitative estimate of drug-likeness (QED) is 0.891. The summed E-state index contributed by atoms with van der Waals surface area (Å²) in [6.07, 6.45) is 3.69. The van der Waals surface area contributed by atoms with Crippen molar-refractivity contribution in [1.82, 2.24) is 9.29 Å². The van der Waals surface area contributed by atoms with Gasteiger partial charge in [-0.3, -0.25) is 4.98 Å². The van der Waals surface area contributed by atoms with Gasteiger partial charge in [-0.1, -0.05) is 6.92 Å². The lowest BCUT2D eigenvalue weighted by atomic mass is 10.2. The summed E-state index contributed by atoms with van der Waals surface area (Å²) in [5.41, 5.74) is 0.566. The molecule has 1 aliphatic rings. The predicted octanol–water partition coefficient (Wildman–Crippen LogP) is 0.923. The van der Waals surface area contributed by atoms with Gasteiger partial charge in [0.05, 0.1) is 18.9 Å². The lowest BCUT2D eigenvalue weighted by Crippen LogP contribution is -2.48. The third-order valence-corrected chi connectivity index (χ3v) is 5.26. The minimum absolute atomic E-state index is 0.108. The Morgan fingerprint density at radius 3 is 3.05 bits per heavy atom. The maximum Gasteiger partial charge on any atom is 0.247 e. The van der Waals surface area contributed by atoms with Crippen molar-refractivity contribution >= 4 is 15.7 Å². The fourth-order valence-corrected chi connectivity index (χ4v) is 4.01. The predicted molar refractivity (Wildman–Crippen MR) is 72.6 cm³/mol. The zero-order chi connectivity index (χ0) is 13.9. The number of aromatic nitrogens is 1. The van der Waals surface area contributed by atoms with Crippen molar-refractivity contribution in [2.45, 2.75) is 24.3 Å². The summed E-state index contributed by atoms with van der Waals surface area (Å²) < 4.78 is 32.3. The molecule has 1 atom stereocenters. The molecule has 0 radical (unpaired) electrons. The highest BCUT2D eigenvalue weighted by molar-refractivity contribution is 7.89. The summed E-state index contributed by atoms with van der Waals surface area (Å²) in [7, 11) is -1.84. The highest BCUT2D eigenvalue weighted by Crippen LogP contribution is 2.26. The molecule has 1 unspecified atom stereocenters. The number of hydrogen-bond acceptors (Lipinski definition) is 5. The van der Waals surface area contributed by atoms with E-state index in [4.69, 9.17) is 4.74 Å². The molecule has 0 aromatic carbocycles. The molecule has 6 nitrogen and oxygen atoms in total. The molecular weight excluding hydrogens is 266 g/mol. The van der Waals surface area contributed by atoms with E-state index in [0.29, 0.717) is 25.4 Å². The van der Waals surface area contributed by atoms with Crippen LogP contribution in [0.5, 0.6) is 0 Å². The highest BCUT2D eigenvalue weighted by atomic mass is 32.2. The molecule has 7 heteroatoms. The Bertz CT molecular complexity index is 533. The van der Waals surface area contributed by atoms with Crippen LogP contribution in [0.4, 0.5) is 5.69 Å². The van der Waals surface area contributed by atoms with Crippen molar-refractivity contribution in [3.05, 3.63) is 18.5 Å². The number of ether oxygens (including phenoxy) is 1. The van der Waals surface area contributed by atoms with E-state index in [1.807, 2.05) is 6.92 Å². The summed E-state index contributed by atoms with van der Waals surface area (Å²) in [5.74, 6) is 0. The summed E-state index contributed by atoms with van der Waals surface area (Å²) >= 11 is 0. The van der Waals surface area contributed by atoms with Gasteiger partial charge in [0, 0.05) is 32.0 Å². The van der Waals surface area contributed by atoms with Crippen LogP contribution >= 0.6 is 0 Å². The Hall–Kier alpha value is -1.18. The zero-order valence-electron chi connectivity index (χ0n) is 11.2. The molecule has 0 amide bonds. The molecule has 0 bridgehead atoms. The van der Waals surface area contributed by atoms with E-state index in [1.54, 1.807) is 19.3 Å². The maximum absolute atomic E-state index is 12.7. The van der Waals surface area contributed by atoms with E-state index in [2.05, 4.69) is 10.3 Å². The Morgan fingerprint density at radius 2 is 2.37 bits per heavy atom. The second-order valence-electron chi connectivity index (χ2n) is 4.37. The molecule has 1 saturated heterocycles. The normalized spacial score (nSPS) is 21.3. The van der Waals surface area contributed by atoms with Crippen molar-refractivity contribution in [1.29, 1.82) is 0 Å². The van der Waals surface area contributed by atoms with Gasteiger partial charge in [0.25, 0.3) is 0 Å². The van der Waals surface area contributed by atoms with Crippen molar-refractivity contribution in [2.75, 3.05) is 32.1 Å². The second-order valence-corrected chi connectivity index (χ2v) is 6.23. The smallest absolute Gasteiger partial charge is 0.247 e. The molecule has 2 heterocycles. The van der Waals surface area contributed by atoms with Gasteiger partial charge in [-0.25, -0.2) is 8.42 Å². The second kappa shape index (κ2) is 5.85. The van der Waals surface area contributed by atoms with E-state index >= 15 is 0 Å². The summed E-state index contributed by atoms with van der Waals surface area (Å²) in [6.45, 7) is 3.23.